The molecule has 0 saturated carbocycles. The van der Waals surface area contributed by atoms with Gasteiger partial charge in [0.15, 0.2) is 0 Å². The second-order valence-corrected chi connectivity index (χ2v) is 5.04. The number of nitrogen functional groups attached to an aromatic ring is 1. The zero-order chi connectivity index (χ0) is 14.3. The number of thiol groups is 1. The van der Waals surface area contributed by atoms with Crippen LogP contribution in [0.25, 0.3) is 0 Å². The number of hydrogen-bond acceptors (Lipinski definition) is 7. The first-order chi connectivity index (χ1) is 8.17. The van der Waals surface area contributed by atoms with Gasteiger partial charge < -0.3 is 20.5 Å². The summed E-state index contributed by atoms with van der Waals surface area (Å²) in [6, 6.07) is 3.89. The zero-order valence-corrected chi connectivity index (χ0v) is 13.8. The van der Waals surface area contributed by atoms with E-state index in [0.717, 1.165) is 0 Å². The van der Waals surface area contributed by atoms with Gasteiger partial charge in [-0.3, -0.25) is 0 Å². The molecule has 1 rings (SSSR count). The van der Waals surface area contributed by atoms with Crippen molar-refractivity contribution in [2.24, 2.45) is 0 Å². The van der Waals surface area contributed by atoms with Gasteiger partial charge in [-0.05, 0) is 18.2 Å². The first-order valence-corrected chi connectivity index (χ1v) is 6.74. The molecule has 0 amide bonds. The smallest absolute Gasteiger partial charge is 0.748 e. The summed E-state index contributed by atoms with van der Waals surface area (Å²) in [5, 5.41) is 17.4. The second kappa shape index (κ2) is 9.45. The van der Waals surface area contributed by atoms with Crippen LogP contribution in [0, 0.1) is 0 Å². The van der Waals surface area contributed by atoms with Crippen LogP contribution in [0.2, 0.25) is 0 Å². The van der Waals surface area contributed by atoms with E-state index in [1.54, 1.807) is 0 Å². The molecular formula is C9H12NNaO6S2. The number of rotatable bonds is 3. The van der Waals surface area contributed by atoms with Gasteiger partial charge in [0.1, 0.15) is 11.3 Å². The fourth-order valence-electron chi connectivity index (χ4n) is 0.837. The fourth-order valence-corrected chi connectivity index (χ4v) is 1.73. The molecule has 0 atom stereocenters. The van der Waals surface area contributed by atoms with Crippen LogP contribution >= 0.6 is 12.6 Å². The van der Waals surface area contributed by atoms with Gasteiger partial charge in [-0.15, -0.1) is 0 Å². The fraction of sp³-hybridized carbons (Fsp3) is 0.222. The largest absolute Gasteiger partial charge is 1.00 e. The topological polar surface area (TPSA) is 141 Å². The summed E-state index contributed by atoms with van der Waals surface area (Å²) in [5.41, 5.74) is 5.43. The van der Waals surface area contributed by atoms with Crippen molar-refractivity contribution in [3.63, 3.8) is 0 Å². The predicted molar refractivity (Wildman–Crippen MR) is 67.9 cm³/mol. The third-order valence-electron chi connectivity index (χ3n) is 1.59. The average molecular weight is 317 g/mol. The van der Waals surface area contributed by atoms with Crippen LogP contribution in [0.15, 0.2) is 18.2 Å². The summed E-state index contributed by atoms with van der Waals surface area (Å²) in [5.74, 6) is -1.73. The average Bonchev–Trinajstić information content (AvgIpc) is 2.20. The Hall–Kier alpha value is -0.450. The molecule has 0 spiro atoms. The number of carboxylic acids is 1. The summed E-state index contributed by atoms with van der Waals surface area (Å²) < 4.78 is 28.9. The molecule has 7 nitrogen and oxygen atoms in total. The number of carbonyl (C=O) groups is 1. The monoisotopic (exact) mass is 317 g/mol. The summed E-state index contributed by atoms with van der Waals surface area (Å²) in [4.78, 5) is 10.4. The van der Waals surface area contributed by atoms with Crippen LogP contribution in [0.4, 0.5) is 5.69 Å². The number of phenols is 1. The van der Waals surface area contributed by atoms with E-state index in [0.29, 0.717) is 5.69 Å². The van der Waals surface area contributed by atoms with Gasteiger partial charge in [-0.1, -0.05) is 0 Å². The molecule has 0 bridgehead atoms. The Balaban J connectivity index is 0. The molecule has 0 aliphatic rings. The number of aromatic hydroxyl groups is 1. The number of anilines is 1. The van der Waals surface area contributed by atoms with Crippen molar-refractivity contribution in [2.75, 3.05) is 17.2 Å². The maximum Gasteiger partial charge on any atom is 1.00 e. The van der Waals surface area contributed by atoms with Crippen LogP contribution in [-0.2, 0) is 10.1 Å². The van der Waals surface area contributed by atoms with Crippen molar-refractivity contribution in [3.05, 3.63) is 23.8 Å². The van der Waals surface area contributed by atoms with E-state index in [1.807, 2.05) is 0 Å². The van der Waals surface area contributed by atoms with Gasteiger partial charge in [0.05, 0.1) is 10.1 Å². The van der Waals surface area contributed by atoms with Gasteiger partial charge >= 0.3 is 35.5 Å². The SMILES string of the molecule is Nc1ccc(O)c(C(=O)O)c1.O=S(=O)([O-])CCS.[Na+]. The summed E-state index contributed by atoms with van der Waals surface area (Å²) >= 11 is 3.53. The molecule has 0 aliphatic carbocycles. The third-order valence-corrected chi connectivity index (χ3v) is 2.82. The Morgan fingerprint density at radius 1 is 1.42 bits per heavy atom. The summed E-state index contributed by atoms with van der Waals surface area (Å²) in [7, 11) is -4.00. The number of benzene rings is 1. The van der Waals surface area contributed by atoms with E-state index in [4.69, 9.17) is 15.9 Å². The maximum atomic E-state index is 10.4. The van der Waals surface area contributed by atoms with Gasteiger partial charge in [0.25, 0.3) is 0 Å². The zero-order valence-electron chi connectivity index (χ0n) is 10.1. The molecule has 0 aromatic heterocycles. The standard InChI is InChI=1S/C7H7NO3.C2H6O3S2.Na/c8-4-1-2-6(9)5(3-4)7(10)11;3-7(4,5)2-1-6;/h1-3,9H,8H2,(H,10,11);6H,1-2H2,(H,3,4,5);/q;;+1/p-1. The van der Waals surface area contributed by atoms with E-state index < -0.39 is 16.1 Å². The quantitative estimate of drug-likeness (QED) is 0.154. The van der Waals surface area contributed by atoms with Crippen LogP contribution in [0.3, 0.4) is 0 Å². The van der Waals surface area contributed by atoms with Crippen LogP contribution in [0.1, 0.15) is 10.4 Å². The van der Waals surface area contributed by atoms with Crippen molar-refractivity contribution in [1.82, 2.24) is 0 Å². The third kappa shape index (κ3) is 10.0. The Labute approximate surface area is 138 Å². The number of nitrogens with two attached hydrogens (primary N) is 1. The summed E-state index contributed by atoms with van der Waals surface area (Å²) in [6.45, 7) is 0. The van der Waals surface area contributed by atoms with E-state index in [1.165, 1.54) is 18.2 Å². The molecule has 10 heteroatoms. The minimum atomic E-state index is -4.00. The second-order valence-electron chi connectivity index (χ2n) is 3.07. The number of carboxylic acid groups (broad SMARTS) is 1. The van der Waals surface area contributed by atoms with Crippen LogP contribution in [0.5, 0.6) is 5.75 Å². The Bertz CT molecular complexity index is 519. The van der Waals surface area contributed by atoms with E-state index in [2.05, 4.69) is 12.6 Å². The van der Waals surface area contributed by atoms with Crippen molar-refractivity contribution >= 4 is 34.4 Å². The Kier molecular flexibility index (Phi) is 10.4. The Morgan fingerprint density at radius 3 is 2.21 bits per heavy atom. The molecule has 102 valence electrons. The van der Waals surface area contributed by atoms with Crippen LogP contribution < -0.4 is 35.3 Å². The first-order valence-electron chi connectivity index (χ1n) is 4.53. The van der Waals surface area contributed by atoms with Crippen molar-refractivity contribution in [2.45, 2.75) is 0 Å². The predicted octanol–water partition coefficient (Wildman–Crippen LogP) is -2.86. The molecule has 0 heterocycles. The normalized spacial score (nSPS) is 9.79. The molecular weight excluding hydrogens is 305 g/mol. The molecule has 0 saturated heterocycles. The van der Waals surface area contributed by atoms with E-state index in [-0.39, 0.29) is 52.4 Å². The molecule has 0 aliphatic heterocycles. The van der Waals surface area contributed by atoms with Crippen molar-refractivity contribution < 1.29 is 57.5 Å². The van der Waals surface area contributed by atoms with Crippen molar-refractivity contribution in [3.8, 4) is 5.75 Å². The molecule has 1 aromatic rings. The van der Waals surface area contributed by atoms with E-state index >= 15 is 0 Å². The van der Waals surface area contributed by atoms with Gasteiger partial charge in [0, 0.05) is 17.2 Å². The van der Waals surface area contributed by atoms with Crippen molar-refractivity contribution in [1.29, 1.82) is 0 Å². The first kappa shape index (κ1) is 20.9. The molecule has 1 aromatic carbocycles. The minimum Gasteiger partial charge on any atom is -0.748 e. The van der Waals surface area contributed by atoms with Gasteiger partial charge in [-0.2, -0.15) is 12.6 Å². The number of hydrogen-bond donors (Lipinski definition) is 4. The summed E-state index contributed by atoms with van der Waals surface area (Å²) in [6.07, 6.45) is 0. The van der Waals surface area contributed by atoms with E-state index in [9.17, 15) is 17.8 Å². The molecule has 0 unspecified atom stereocenters. The number of aromatic carboxylic acids is 1. The van der Waals surface area contributed by atoms with Crippen LogP contribution in [-0.4, -0.2) is 40.7 Å². The molecule has 0 radical (unpaired) electrons. The molecule has 19 heavy (non-hydrogen) atoms. The molecule has 4 N–H and O–H groups in total. The maximum absolute atomic E-state index is 10.4. The minimum absolute atomic E-state index is 0. The Morgan fingerprint density at radius 2 is 1.95 bits per heavy atom. The molecule has 0 fully saturated rings. The van der Waals surface area contributed by atoms with Gasteiger partial charge in [-0.25, -0.2) is 13.2 Å². The van der Waals surface area contributed by atoms with Gasteiger partial charge in [0.2, 0.25) is 0 Å².